The Balaban J connectivity index is 2.91. The van der Waals surface area contributed by atoms with E-state index in [4.69, 9.17) is 9.47 Å². The lowest BCUT2D eigenvalue weighted by Gasteiger charge is -2.13. The minimum absolute atomic E-state index is 0.230. The number of amides is 1. The number of nitrogens with one attached hydrogen (secondary N) is 1. The molecule has 0 saturated heterocycles. The van der Waals surface area contributed by atoms with Crippen LogP contribution in [0.4, 0.5) is 0 Å². The minimum atomic E-state index is -0.529. The highest BCUT2D eigenvalue weighted by Gasteiger charge is 2.14. The van der Waals surface area contributed by atoms with Crippen molar-refractivity contribution in [3.05, 3.63) is 23.3 Å². The number of hydrogen-bond donors (Lipinski definition) is 2. The maximum Gasteiger partial charge on any atom is 0.251 e. The van der Waals surface area contributed by atoms with Crippen LogP contribution in [0.25, 0.3) is 0 Å². The second-order valence-corrected chi connectivity index (χ2v) is 4.28. The van der Waals surface area contributed by atoms with Crippen molar-refractivity contribution in [2.24, 2.45) is 0 Å². The summed E-state index contributed by atoms with van der Waals surface area (Å²) in [5.41, 5.74) is 1.29. The predicted molar refractivity (Wildman–Crippen MR) is 72.9 cm³/mol. The summed E-state index contributed by atoms with van der Waals surface area (Å²) in [5, 5.41) is 12.1. The van der Waals surface area contributed by atoms with Crippen LogP contribution in [0.5, 0.6) is 11.5 Å². The van der Waals surface area contributed by atoms with Crippen LogP contribution in [0.15, 0.2) is 12.1 Å². The molecule has 1 unspecified atom stereocenters. The first-order valence-corrected chi connectivity index (χ1v) is 6.22. The van der Waals surface area contributed by atoms with Crippen molar-refractivity contribution >= 4 is 5.91 Å². The summed E-state index contributed by atoms with van der Waals surface area (Å²) in [6.07, 6.45) is 0.0686. The highest BCUT2D eigenvalue weighted by atomic mass is 16.5. The Morgan fingerprint density at radius 1 is 1.32 bits per heavy atom. The van der Waals surface area contributed by atoms with Gasteiger partial charge >= 0.3 is 0 Å². The molecular formula is C14H21NO4. The monoisotopic (exact) mass is 267 g/mol. The zero-order valence-electron chi connectivity index (χ0n) is 11.8. The number of aliphatic hydroxyl groups is 1. The van der Waals surface area contributed by atoms with Crippen LogP contribution in [0.3, 0.4) is 0 Å². The van der Waals surface area contributed by atoms with Crippen molar-refractivity contribution in [2.75, 3.05) is 20.8 Å². The van der Waals surface area contributed by atoms with Gasteiger partial charge in [0.2, 0.25) is 0 Å². The molecule has 0 radical (unpaired) electrons. The quantitative estimate of drug-likeness (QED) is 0.820. The van der Waals surface area contributed by atoms with Crippen molar-refractivity contribution in [3.8, 4) is 11.5 Å². The summed E-state index contributed by atoms with van der Waals surface area (Å²) in [6.45, 7) is 3.95. The number of ether oxygens (including phenoxy) is 2. The molecule has 0 spiro atoms. The van der Waals surface area contributed by atoms with Crippen molar-refractivity contribution in [2.45, 2.75) is 26.4 Å². The topological polar surface area (TPSA) is 67.8 Å². The first-order valence-electron chi connectivity index (χ1n) is 6.22. The van der Waals surface area contributed by atoms with E-state index < -0.39 is 6.10 Å². The van der Waals surface area contributed by atoms with Gasteiger partial charge in [0.25, 0.3) is 5.91 Å². The van der Waals surface area contributed by atoms with E-state index in [2.05, 4.69) is 5.32 Å². The molecular weight excluding hydrogens is 246 g/mol. The molecule has 0 aliphatic heterocycles. The third-order valence-corrected chi connectivity index (χ3v) is 2.98. The van der Waals surface area contributed by atoms with Crippen molar-refractivity contribution in [1.29, 1.82) is 0 Å². The van der Waals surface area contributed by atoms with Gasteiger partial charge in [-0.05, 0) is 25.5 Å². The predicted octanol–water partition coefficient (Wildman–Crippen LogP) is 1.51. The molecule has 106 valence electrons. The fraction of sp³-hybridized carbons (Fsp3) is 0.500. The smallest absolute Gasteiger partial charge is 0.251 e. The van der Waals surface area contributed by atoms with Crippen LogP contribution < -0.4 is 14.8 Å². The number of methoxy groups -OCH3 is 2. The highest BCUT2D eigenvalue weighted by Crippen LogP contribution is 2.29. The number of aliphatic hydroxyl groups excluding tert-OH is 1. The molecule has 0 fully saturated rings. The lowest BCUT2D eigenvalue weighted by molar-refractivity contribution is 0.0913. The largest absolute Gasteiger partial charge is 0.496 e. The van der Waals surface area contributed by atoms with Crippen LogP contribution >= 0.6 is 0 Å². The molecule has 5 nitrogen and oxygen atoms in total. The molecule has 0 aromatic heterocycles. The Labute approximate surface area is 113 Å². The SMILES string of the molecule is CCC(O)CNC(=O)c1cc(OC)c(C)c(OC)c1. The minimum Gasteiger partial charge on any atom is -0.496 e. The van der Waals surface area contributed by atoms with Crippen LogP contribution in [-0.2, 0) is 0 Å². The lowest BCUT2D eigenvalue weighted by Crippen LogP contribution is -2.31. The Hall–Kier alpha value is -1.75. The summed E-state index contributed by atoms with van der Waals surface area (Å²) >= 11 is 0. The van der Waals surface area contributed by atoms with E-state index in [1.54, 1.807) is 26.4 Å². The highest BCUT2D eigenvalue weighted by molar-refractivity contribution is 5.95. The van der Waals surface area contributed by atoms with Gasteiger partial charge in [0, 0.05) is 17.7 Å². The summed E-state index contributed by atoms with van der Waals surface area (Å²) in [6, 6.07) is 3.32. The molecule has 1 aromatic rings. The number of hydrogen-bond acceptors (Lipinski definition) is 4. The Kier molecular flexibility index (Phi) is 5.63. The van der Waals surface area contributed by atoms with Gasteiger partial charge in [0.15, 0.2) is 0 Å². The van der Waals surface area contributed by atoms with Gasteiger partial charge in [-0.2, -0.15) is 0 Å². The van der Waals surface area contributed by atoms with E-state index in [0.29, 0.717) is 23.5 Å². The molecule has 0 heterocycles. The third kappa shape index (κ3) is 3.86. The second-order valence-electron chi connectivity index (χ2n) is 4.28. The molecule has 1 amide bonds. The van der Waals surface area contributed by atoms with E-state index in [1.165, 1.54) is 0 Å². The average molecular weight is 267 g/mol. The maximum absolute atomic E-state index is 12.0. The maximum atomic E-state index is 12.0. The van der Waals surface area contributed by atoms with Crippen molar-refractivity contribution in [3.63, 3.8) is 0 Å². The van der Waals surface area contributed by atoms with Gasteiger partial charge in [-0.25, -0.2) is 0 Å². The molecule has 0 saturated carbocycles. The fourth-order valence-electron chi connectivity index (χ4n) is 1.67. The molecule has 0 aliphatic carbocycles. The summed E-state index contributed by atoms with van der Waals surface area (Å²) in [5.74, 6) is 0.935. The molecule has 5 heteroatoms. The van der Waals surface area contributed by atoms with Gasteiger partial charge in [-0.3, -0.25) is 4.79 Å². The van der Waals surface area contributed by atoms with E-state index in [-0.39, 0.29) is 12.5 Å². The molecule has 2 N–H and O–H groups in total. The molecule has 0 aliphatic rings. The van der Waals surface area contributed by atoms with Gasteiger partial charge < -0.3 is 19.9 Å². The lowest BCUT2D eigenvalue weighted by atomic mass is 10.1. The number of rotatable bonds is 6. The van der Waals surface area contributed by atoms with Gasteiger partial charge in [-0.1, -0.05) is 6.92 Å². The second kappa shape index (κ2) is 6.99. The van der Waals surface area contributed by atoms with Gasteiger partial charge in [0.1, 0.15) is 11.5 Å². The first kappa shape index (κ1) is 15.3. The zero-order chi connectivity index (χ0) is 14.4. The first-order chi connectivity index (χ1) is 9.03. The Bertz CT molecular complexity index is 420. The zero-order valence-corrected chi connectivity index (χ0v) is 11.8. The van der Waals surface area contributed by atoms with Crippen LogP contribution in [0.1, 0.15) is 29.3 Å². The molecule has 0 bridgehead atoms. The van der Waals surface area contributed by atoms with Crippen molar-refractivity contribution in [1.82, 2.24) is 5.32 Å². The average Bonchev–Trinajstić information content (AvgIpc) is 2.44. The number of benzene rings is 1. The van der Waals surface area contributed by atoms with Crippen molar-refractivity contribution < 1.29 is 19.4 Å². The summed E-state index contributed by atoms with van der Waals surface area (Å²) < 4.78 is 10.4. The van der Waals surface area contributed by atoms with Gasteiger partial charge in [-0.15, -0.1) is 0 Å². The summed E-state index contributed by atoms with van der Waals surface area (Å²) in [7, 11) is 3.09. The van der Waals surface area contributed by atoms with Gasteiger partial charge in [0.05, 0.1) is 20.3 Å². The van der Waals surface area contributed by atoms with Crippen LogP contribution in [-0.4, -0.2) is 37.9 Å². The third-order valence-electron chi connectivity index (χ3n) is 2.98. The van der Waals surface area contributed by atoms with E-state index in [1.807, 2.05) is 13.8 Å². The van der Waals surface area contributed by atoms with E-state index >= 15 is 0 Å². The molecule has 1 aromatic carbocycles. The number of carbonyl (C=O) groups is 1. The Morgan fingerprint density at radius 2 is 1.84 bits per heavy atom. The van der Waals surface area contributed by atoms with E-state index in [9.17, 15) is 9.90 Å². The standard InChI is InChI=1S/C14H21NO4/c1-5-11(16)8-15-14(17)10-6-12(18-3)9(2)13(7-10)19-4/h6-7,11,16H,5,8H2,1-4H3,(H,15,17). The fourth-order valence-corrected chi connectivity index (χ4v) is 1.67. The molecule has 19 heavy (non-hydrogen) atoms. The summed E-state index contributed by atoms with van der Waals surface area (Å²) in [4.78, 5) is 12.0. The number of carbonyl (C=O) groups excluding carboxylic acids is 1. The van der Waals surface area contributed by atoms with Crippen LogP contribution in [0.2, 0.25) is 0 Å². The van der Waals surface area contributed by atoms with E-state index in [0.717, 1.165) is 5.56 Å². The molecule has 1 atom stereocenters. The molecule has 1 rings (SSSR count). The van der Waals surface area contributed by atoms with Crippen LogP contribution in [0, 0.1) is 6.92 Å². The Morgan fingerprint density at radius 3 is 2.26 bits per heavy atom. The normalized spacial score (nSPS) is 11.8.